The minimum absolute atomic E-state index is 0.283. The van der Waals surface area contributed by atoms with E-state index in [-0.39, 0.29) is 5.97 Å². The fourth-order valence-corrected chi connectivity index (χ4v) is 5.67. The number of allylic oxidation sites excluding steroid dienone is 2. The van der Waals surface area contributed by atoms with Crippen molar-refractivity contribution in [2.24, 2.45) is 5.10 Å². The Morgan fingerprint density at radius 1 is 0.846 bits per heavy atom. The Balaban J connectivity index is 1.36. The molecule has 0 fully saturated rings. The number of carbonyl (C=O) groups is 1. The van der Waals surface area contributed by atoms with Gasteiger partial charge in [0.1, 0.15) is 0 Å². The fourth-order valence-electron chi connectivity index (χ4n) is 5.67. The smallest absolute Gasteiger partial charge is 0.338 e. The summed E-state index contributed by atoms with van der Waals surface area (Å²) in [4.78, 5) is 13.0. The molecule has 0 bridgehead atoms. The molecular weight excluding hydrogens is 480 g/mol. The molecule has 0 atom stereocenters. The van der Waals surface area contributed by atoms with Gasteiger partial charge in [0.05, 0.1) is 23.6 Å². The first-order valence-electron chi connectivity index (χ1n) is 13.8. The zero-order chi connectivity index (χ0) is 26.8. The van der Waals surface area contributed by atoms with Crippen molar-refractivity contribution < 1.29 is 9.53 Å². The molecule has 0 saturated heterocycles. The number of hydrogen-bond acceptors (Lipinski definition) is 4. The average Bonchev–Trinajstić information content (AvgIpc) is 3.30. The second-order valence-electron chi connectivity index (χ2n) is 10.1. The Hall–Kier alpha value is -4.44. The number of unbranched alkanes of at least 4 members (excludes halogenated alkanes) is 1. The number of rotatable bonds is 7. The number of nitrogens with zero attached hydrogens (tertiary/aromatic N) is 1. The van der Waals surface area contributed by atoms with Crippen LogP contribution >= 0.6 is 0 Å². The summed E-state index contributed by atoms with van der Waals surface area (Å²) >= 11 is 0. The number of benzene rings is 4. The van der Waals surface area contributed by atoms with Crippen molar-refractivity contribution in [3.05, 3.63) is 119 Å². The van der Waals surface area contributed by atoms with Crippen LogP contribution in [-0.4, -0.2) is 18.3 Å². The van der Waals surface area contributed by atoms with E-state index in [1.165, 1.54) is 27.8 Å². The van der Waals surface area contributed by atoms with Gasteiger partial charge in [0.15, 0.2) is 0 Å². The van der Waals surface area contributed by atoms with Gasteiger partial charge in [0.25, 0.3) is 0 Å². The van der Waals surface area contributed by atoms with Gasteiger partial charge in [0, 0.05) is 16.7 Å². The Morgan fingerprint density at radius 2 is 1.59 bits per heavy atom. The molecule has 2 aliphatic carbocycles. The summed E-state index contributed by atoms with van der Waals surface area (Å²) in [6.45, 7) is 4.71. The van der Waals surface area contributed by atoms with Crippen LogP contribution in [0, 0.1) is 0 Å². The van der Waals surface area contributed by atoms with Crippen molar-refractivity contribution >= 4 is 22.9 Å². The molecule has 39 heavy (non-hydrogen) atoms. The van der Waals surface area contributed by atoms with Crippen molar-refractivity contribution in [1.29, 1.82) is 0 Å². The quantitative estimate of drug-likeness (QED) is 0.135. The topological polar surface area (TPSA) is 50.7 Å². The Morgan fingerprint density at radius 3 is 2.38 bits per heavy atom. The molecule has 0 aliphatic heterocycles. The SMILES string of the molecule is CC/C=C1/Cc2ccc(N/N=C3/c4ccccc4-c4c(C(=O)OCCCC)cccc43)cc2-c2ccccc21. The molecule has 0 radical (unpaired) electrons. The van der Waals surface area contributed by atoms with E-state index < -0.39 is 0 Å². The predicted octanol–water partition coefficient (Wildman–Crippen LogP) is 8.50. The highest BCUT2D eigenvalue weighted by Crippen LogP contribution is 2.42. The lowest BCUT2D eigenvalue weighted by molar-refractivity contribution is 0.0500. The number of fused-ring (bicyclic) bond motifs is 6. The van der Waals surface area contributed by atoms with E-state index in [9.17, 15) is 4.79 Å². The maximum absolute atomic E-state index is 13.0. The highest BCUT2D eigenvalue weighted by atomic mass is 16.5. The van der Waals surface area contributed by atoms with E-state index in [0.717, 1.165) is 59.3 Å². The van der Waals surface area contributed by atoms with Crippen LogP contribution in [0.4, 0.5) is 5.69 Å². The van der Waals surface area contributed by atoms with E-state index in [0.29, 0.717) is 12.2 Å². The minimum atomic E-state index is -0.283. The molecule has 1 N–H and O–H groups in total. The zero-order valence-corrected chi connectivity index (χ0v) is 22.5. The fraction of sp³-hybridized carbons (Fsp3) is 0.200. The number of ether oxygens (including phenoxy) is 1. The summed E-state index contributed by atoms with van der Waals surface area (Å²) in [7, 11) is 0. The molecule has 4 nitrogen and oxygen atoms in total. The molecular formula is C35H32N2O2. The van der Waals surface area contributed by atoms with E-state index in [1.807, 2.05) is 30.3 Å². The minimum Gasteiger partial charge on any atom is -0.462 e. The number of hydrogen-bond donors (Lipinski definition) is 1. The third-order valence-electron chi connectivity index (χ3n) is 7.52. The highest BCUT2D eigenvalue weighted by Gasteiger charge is 2.29. The van der Waals surface area contributed by atoms with E-state index in [2.05, 4.69) is 79.9 Å². The Labute approximate surface area is 230 Å². The molecule has 0 unspecified atom stereocenters. The summed E-state index contributed by atoms with van der Waals surface area (Å²) in [5, 5.41) is 4.90. The third kappa shape index (κ3) is 4.57. The van der Waals surface area contributed by atoms with Crippen LogP contribution in [0.2, 0.25) is 0 Å². The van der Waals surface area contributed by atoms with Crippen LogP contribution in [0.5, 0.6) is 0 Å². The number of nitrogens with one attached hydrogen (secondary N) is 1. The predicted molar refractivity (Wildman–Crippen MR) is 160 cm³/mol. The summed E-state index contributed by atoms with van der Waals surface area (Å²) in [5.74, 6) is -0.283. The highest BCUT2D eigenvalue weighted by molar-refractivity contribution is 6.26. The average molecular weight is 513 g/mol. The summed E-state index contributed by atoms with van der Waals surface area (Å²) < 4.78 is 5.58. The molecule has 194 valence electrons. The van der Waals surface area contributed by atoms with Crippen LogP contribution in [0.1, 0.15) is 65.7 Å². The first-order chi connectivity index (χ1) is 19.2. The zero-order valence-electron chi connectivity index (χ0n) is 22.5. The lowest BCUT2D eigenvalue weighted by atomic mass is 9.82. The summed E-state index contributed by atoms with van der Waals surface area (Å²) in [6.07, 6.45) is 6.14. The molecule has 6 rings (SSSR count). The lowest BCUT2D eigenvalue weighted by Crippen LogP contribution is -2.09. The first-order valence-corrected chi connectivity index (χ1v) is 13.8. The van der Waals surface area contributed by atoms with Gasteiger partial charge in [-0.05, 0) is 70.9 Å². The van der Waals surface area contributed by atoms with Crippen LogP contribution in [0.25, 0.3) is 27.8 Å². The van der Waals surface area contributed by atoms with Crippen molar-refractivity contribution in [1.82, 2.24) is 0 Å². The van der Waals surface area contributed by atoms with Gasteiger partial charge in [0.2, 0.25) is 0 Å². The maximum atomic E-state index is 13.0. The second kappa shape index (κ2) is 10.7. The maximum Gasteiger partial charge on any atom is 0.338 e. The summed E-state index contributed by atoms with van der Waals surface area (Å²) in [6, 6.07) is 29.1. The standard InChI is InChI=1S/C35H32N2O2/c1-3-5-20-39-35(38)31-17-10-16-30-33(31)28-14-8-9-15-29(28)34(30)37-36-25-19-18-24-21-23(11-4-2)26-12-6-7-13-27(26)32(24)22-25/h6-19,22,36H,3-5,20-21H2,1-2H3/b23-11-,37-34-. The molecule has 0 saturated carbocycles. The van der Waals surface area contributed by atoms with Crippen LogP contribution < -0.4 is 5.43 Å². The van der Waals surface area contributed by atoms with Gasteiger partial charge in [-0.3, -0.25) is 5.43 Å². The number of esters is 1. The molecule has 0 spiro atoms. The Kier molecular flexibility index (Phi) is 6.85. The van der Waals surface area contributed by atoms with Gasteiger partial charge in [-0.25, -0.2) is 4.79 Å². The third-order valence-corrected chi connectivity index (χ3v) is 7.52. The largest absolute Gasteiger partial charge is 0.462 e. The van der Waals surface area contributed by atoms with Crippen molar-refractivity contribution in [3.63, 3.8) is 0 Å². The molecule has 4 heteroatoms. The second-order valence-corrected chi connectivity index (χ2v) is 10.1. The number of anilines is 1. The monoisotopic (exact) mass is 512 g/mol. The molecule has 0 amide bonds. The summed E-state index contributed by atoms with van der Waals surface area (Å²) in [5.41, 5.74) is 16.1. The Bertz CT molecular complexity index is 1630. The van der Waals surface area contributed by atoms with Gasteiger partial charge >= 0.3 is 5.97 Å². The van der Waals surface area contributed by atoms with E-state index in [4.69, 9.17) is 9.84 Å². The van der Waals surface area contributed by atoms with E-state index in [1.54, 1.807) is 0 Å². The molecule has 0 aromatic heterocycles. The van der Waals surface area contributed by atoms with Crippen molar-refractivity contribution in [3.8, 4) is 22.3 Å². The van der Waals surface area contributed by atoms with Crippen LogP contribution in [0.15, 0.2) is 96.1 Å². The molecule has 4 aromatic carbocycles. The van der Waals surface area contributed by atoms with E-state index >= 15 is 0 Å². The lowest BCUT2D eigenvalue weighted by Gasteiger charge is -2.23. The molecule has 2 aliphatic rings. The molecule has 0 heterocycles. The van der Waals surface area contributed by atoms with Crippen molar-refractivity contribution in [2.75, 3.05) is 12.0 Å². The first kappa shape index (κ1) is 24.9. The van der Waals surface area contributed by atoms with Gasteiger partial charge in [-0.1, -0.05) is 93.1 Å². The normalized spacial score (nSPS) is 14.9. The van der Waals surface area contributed by atoms with Gasteiger partial charge < -0.3 is 4.74 Å². The van der Waals surface area contributed by atoms with Crippen molar-refractivity contribution in [2.45, 2.75) is 39.5 Å². The van der Waals surface area contributed by atoms with Gasteiger partial charge in [-0.15, -0.1) is 0 Å². The number of hydrazone groups is 1. The molecule has 4 aromatic rings. The van der Waals surface area contributed by atoms with Crippen LogP contribution in [-0.2, 0) is 11.2 Å². The number of carbonyl (C=O) groups excluding carboxylic acids is 1. The van der Waals surface area contributed by atoms with Crippen LogP contribution in [0.3, 0.4) is 0 Å². The van der Waals surface area contributed by atoms with Gasteiger partial charge in [-0.2, -0.15) is 5.10 Å².